The number of amides is 1. The maximum Gasteiger partial charge on any atom is 0.417 e. The fourth-order valence-electron chi connectivity index (χ4n) is 5.68. The number of nitrogens with zero attached hydrogens (tertiary/aromatic N) is 4. The second kappa shape index (κ2) is 10.5. The summed E-state index contributed by atoms with van der Waals surface area (Å²) < 4.78 is 38.1. The van der Waals surface area contributed by atoms with Crippen LogP contribution >= 0.6 is 11.6 Å². The highest BCUT2D eigenvalue weighted by Crippen LogP contribution is 2.34. The summed E-state index contributed by atoms with van der Waals surface area (Å²) in [5, 5.41) is 3.96. The summed E-state index contributed by atoms with van der Waals surface area (Å²) in [6.07, 6.45) is -1.50. The third-order valence-corrected chi connectivity index (χ3v) is 7.94. The van der Waals surface area contributed by atoms with Crippen molar-refractivity contribution in [3.63, 3.8) is 0 Å². The number of hydrogen-bond donors (Lipinski definition) is 1. The first-order valence-electron chi connectivity index (χ1n) is 12.5. The molecular weight excluding hydrogens is 491 g/mol. The molecule has 3 aliphatic heterocycles. The Morgan fingerprint density at radius 1 is 1.00 bits per heavy atom. The minimum atomic E-state index is -4.39. The number of piperidine rings is 1. The first kappa shape index (κ1) is 25.1. The van der Waals surface area contributed by atoms with E-state index in [1.807, 2.05) is 17.0 Å². The number of rotatable bonds is 6. The van der Waals surface area contributed by atoms with Crippen molar-refractivity contribution in [2.24, 2.45) is 11.8 Å². The molecule has 2 unspecified atom stereocenters. The summed E-state index contributed by atoms with van der Waals surface area (Å²) in [5.74, 6) is 1.88. The molecule has 2 aromatic rings. The second-order valence-electron chi connectivity index (χ2n) is 10.1. The average molecular weight is 522 g/mol. The van der Waals surface area contributed by atoms with E-state index in [2.05, 4.69) is 32.2 Å². The van der Waals surface area contributed by atoms with Gasteiger partial charge in [0.05, 0.1) is 5.56 Å². The van der Waals surface area contributed by atoms with Crippen molar-refractivity contribution in [3.05, 3.63) is 53.2 Å². The van der Waals surface area contributed by atoms with Gasteiger partial charge in [0.15, 0.2) is 0 Å². The van der Waals surface area contributed by atoms with Gasteiger partial charge in [-0.3, -0.25) is 4.79 Å². The molecule has 10 heteroatoms. The third kappa shape index (κ3) is 5.89. The monoisotopic (exact) mass is 521 g/mol. The standard InChI is InChI=1S/C26H31ClF3N5O/c27-21-2-4-23(5-3-21)35-16-18-14-33(15-19(18)17-35)10-9-25(36)34-11-7-22(8-12-34)32-24-6-1-20(13-31-24)26(28,29)30/h1-6,13,18-19,22H,7-12,14-17H2,(H,31,32). The van der Waals surface area contributed by atoms with Crippen LogP contribution in [0.2, 0.25) is 5.02 Å². The Bertz CT molecular complexity index is 1030. The molecule has 36 heavy (non-hydrogen) atoms. The third-order valence-electron chi connectivity index (χ3n) is 7.69. The van der Waals surface area contributed by atoms with Gasteiger partial charge < -0.3 is 20.0 Å². The number of likely N-dealkylation sites (tertiary alicyclic amines) is 2. The number of nitrogens with one attached hydrogen (secondary N) is 1. The molecule has 1 amide bonds. The molecule has 0 bridgehead atoms. The molecule has 2 atom stereocenters. The summed E-state index contributed by atoms with van der Waals surface area (Å²) in [7, 11) is 0. The Morgan fingerprint density at radius 3 is 2.25 bits per heavy atom. The quantitative estimate of drug-likeness (QED) is 0.601. The van der Waals surface area contributed by atoms with E-state index < -0.39 is 11.7 Å². The van der Waals surface area contributed by atoms with Crippen LogP contribution in [0.5, 0.6) is 0 Å². The Morgan fingerprint density at radius 2 is 1.67 bits per heavy atom. The number of alkyl halides is 3. The number of halogens is 4. The Kier molecular flexibility index (Phi) is 7.30. The van der Waals surface area contributed by atoms with Crippen molar-refractivity contribution >= 4 is 29.0 Å². The molecule has 1 aromatic carbocycles. The molecule has 3 aliphatic rings. The first-order chi connectivity index (χ1) is 17.2. The molecule has 0 saturated carbocycles. The lowest BCUT2D eigenvalue weighted by Gasteiger charge is -2.33. The van der Waals surface area contributed by atoms with Crippen LogP contribution in [-0.2, 0) is 11.0 Å². The van der Waals surface area contributed by atoms with Crippen molar-refractivity contribution in [3.8, 4) is 0 Å². The second-order valence-corrected chi connectivity index (χ2v) is 10.6. The average Bonchev–Trinajstić information content (AvgIpc) is 3.42. The van der Waals surface area contributed by atoms with Gasteiger partial charge in [-0.15, -0.1) is 0 Å². The number of carbonyl (C=O) groups excluding carboxylic acids is 1. The number of pyridine rings is 1. The van der Waals surface area contributed by atoms with Crippen LogP contribution in [-0.4, -0.2) is 72.5 Å². The zero-order chi connectivity index (χ0) is 25.3. The van der Waals surface area contributed by atoms with E-state index >= 15 is 0 Å². The zero-order valence-electron chi connectivity index (χ0n) is 20.1. The highest BCUT2D eigenvalue weighted by atomic mass is 35.5. The molecule has 3 fully saturated rings. The lowest BCUT2D eigenvalue weighted by Crippen LogP contribution is -2.43. The topological polar surface area (TPSA) is 51.7 Å². The summed E-state index contributed by atoms with van der Waals surface area (Å²) >= 11 is 6.01. The van der Waals surface area contributed by atoms with Crippen molar-refractivity contribution in [1.29, 1.82) is 0 Å². The number of fused-ring (bicyclic) bond motifs is 1. The van der Waals surface area contributed by atoms with E-state index in [9.17, 15) is 18.0 Å². The molecule has 0 radical (unpaired) electrons. The van der Waals surface area contributed by atoms with Crippen LogP contribution in [0.25, 0.3) is 0 Å². The molecular formula is C26H31ClF3N5O. The number of carbonyl (C=O) groups is 1. The summed E-state index contributed by atoms with van der Waals surface area (Å²) in [6, 6.07) is 10.5. The molecule has 0 spiro atoms. The normalized spacial score (nSPS) is 23.2. The fraction of sp³-hybridized carbons (Fsp3) is 0.538. The van der Waals surface area contributed by atoms with Gasteiger partial charge >= 0.3 is 6.18 Å². The minimum Gasteiger partial charge on any atom is -0.371 e. The molecule has 5 rings (SSSR count). The smallest absolute Gasteiger partial charge is 0.371 e. The number of aromatic nitrogens is 1. The lowest BCUT2D eigenvalue weighted by atomic mass is 10.0. The van der Waals surface area contributed by atoms with E-state index in [1.165, 1.54) is 11.8 Å². The van der Waals surface area contributed by atoms with Gasteiger partial charge in [0.1, 0.15) is 5.82 Å². The van der Waals surface area contributed by atoms with Crippen LogP contribution in [0.1, 0.15) is 24.8 Å². The summed E-state index contributed by atoms with van der Waals surface area (Å²) in [4.78, 5) is 23.5. The van der Waals surface area contributed by atoms with Crippen molar-refractivity contribution in [2.75, 3.05) is 56.0 Å². The van der Waals surface area contributed by atoms with Gasteiger partial charge in [0.2, 0.25) is 5.91 Å². The maximum absolute atomic E-state index is 12.8. The fourth-order valence-corrected chi connectivity index (χ4v) is 5.80. The Balaban J connectivity index is 1.01. The van der Waals surface area contributed by atoms with E-state index in [4.69, 9.17) is 11.6 Å². The highest BCUT2D eigenvalue weighted by molar-refractivity contribution is 6.30. The van der Waals surface area contributed by atoms with E-state index in [1.54, 1.807) is 0 Å². The van der Waals surface area contributed by atoms with Crippen LogP contribution in [0.15, 0.2) is 42.6 Å². The van der Waals surface area contributed by atoms with Crippen molar-refractivity contribution in [2.45, 2.75) is 31.5 Å². The van der Waals surface area contributed by atoms with Crippen LogP contribution in [0, 0.1) is 11.8 Å². The van der Waals surface area contributed by atoms with Crippen LogP contribution in [0.4, 0.5) is 24.7 Å². The zero-order valence-corrected chi connectivity index (χ0v) is 20.8. The molecule has 6 nitrogen and oxygen atoms in total. The predicted octanol–water partition coefficient (Wildman–Crippen LogP) is 4.62. The lowest BCUT2D eigenvalue weighted by molar-refractivity contribution is -0.137. The van der Waals surface area contributed by atoms with Crippen LogP contribution in [0.3, 0.4) is 0 Å². The van der Waals surface area contributed by atoms with E-state index in [-0.39, 0.29) is 11.9 Å². The number of hydrogen-bond acceptors (Lipinski definition) is 5. The minimum absolute atomic E-state index is 0.0971. The molecule has 194 valence electrons. The predicted molar refractivity (Wildman–Crippen MR) is 134 cm³/mol. The van der Waals surface area contributed by atoms with Gasteiger partial charge in [-0.25, -0.2) is 4.98 Å². The Labute approximate surface area is 214 Å². The Hall–Kier alpha value is -2.52. The number of benzene rings is 1. The van der Waals surface area contributed by atoms with Gasteiger partial charge in [-0.2, -0.15) is 13.2 Å². The van der Waals surface area contributed by atoms with Crippen LogP contribution < -0.4 is 10.2 Å². The summed E-state index contributed by atoms with van der Waals surface area (Å²) in [5.41, 5.74) is 0.469. The highest BCUT2D eigenvalue weighted by Gasteiger charge is 2.40. The van der Waals surface area contributed by atoms with Crippen molar-refractivity contribution in [1.82, 2.24) is 14.8 Å². The van der Waals surface area contributed by atoms with E-state index in [0.29, 0.717) is 37.2 Å². The first-order valence-corrected chi connectivity index (χ1v) is 12.9. The number of anilines is 2. The summed E-state index contributed by atoms with van der Waals surface area (Å²) in [6.45, 7) is 6.26. The molecule has 4 heterocycles. The SMILES string of the molecule is O=C(CCN1CC2CN(c3ccc(Cl)cc3)CC2C1)N1CCC(Nc2ccc(C(F)(F)F)cn2)CC1. The van der Waals surface area contributed by atoms with E-state index in [0.717, 1.165) is 62.9 Å². The van der Waals surface area contributed by atoms with Gasteiger partial charge in [-0.1, -0.05) is 11.6 Å². The molecule has 0 aliphatic carbocycles. The molecule has 3 saturated heterocycles. The van der Waals surface area contributed by atoms with Gasteiger partial charge in [-0.05, 0) is 61.1 Å². The molecule has 1 N–H and O–H groups in total. The largest absolute Gasteiger partial charge is 0.417 e. The maximum atomic E-state index is 12.8. The van der Waals surface area contributed by atoms with Crippen molar-refractivity contribution < 1.29 is 18.0 Å². The van der Waals surface area contributed by atoms with Gasteiger partial charge in [0, 0.05) is 75.2 Å². The van der Waals surface area contributed by atoms with Gasteiger partial charge in [0.25, 0.3) is 0 Å². The molecule has 1 aromatic heterocycles.